The molecule has 0 saturated carbocycles. The Morgan fingerprint density at radius 3 is 2.27 bits per heavy atom. The van der Waals surface area contributed by atoms with Gasteiger partial charge in [0, 0.05) is 0 Å². The summed E-state index contributed by atoms with van der Waals surface area (Å²) in [6.07, 6.45) is 0. The molecule has 0 aliphatic rings. The second kappa shape index (κ2) is 2.90. The van der Waals surface area contributed by atoms with Crippen LogP contribution in [0.2, 0.25) is 0 Å². The average Bonchev–Trinajstić information content (AvgIpc) is 2.04. The number of hydrogen-bond acceptors (Lipinski definition) is 0. The standard InChI is InChI=1S/C8H3BN2/c1-10-7-4-3-6(9)5-8(7)11-2/h3-5H. The lowest BCUT2D eigenvalue weighted by molar-refractivity contribution is 1.77. The normalized spacial score (nSPS) is 8.18. The summed E-state index contributed by atoms with van der Waals surface area (Å²) < 4.78 is 0. The SMILES string of the molecule is [B]c1ccc([N+]#[C-])c([N+]#[C-])c1. The van der Waals surface area contributed by atoms with E-state index in [4.69, 9.17) is 21.0 Å². The molecule has 11 heavy (non-hydrogen) atoms. The van der Waals surface area contributed by atoms with E-state index in [2.05, 4.69) is 9.69 Å². The highest BCUT2D eigenvalue weighted by Crippen LogP contribution is 2.25. The van der Waals surface area contributed by atoms with E-state index in [-0.39, 0.29) is 0 Å². The Kier molecular flexibility index (Phi) is 1.94. The van der Waals surface area contributed by atoms with Crippen LogP contribution in [0.15, 0.2) is 18.2 Å². The number of hydrogen-bond donors (Lipinski definition) is 0. The molecule has 0 fully saturated rings. The predicted molar refractivity (Wildman–Crippen MR) is 44.4 cm³/mol. The molecule has 2 nitrogen and oxygen atoms in total. The molecule has 0 spiro atoms. The minimum absolute atomic E-state index is 0.319. The van der Waals surface area contributed by atoms with Crippen molar-refractivity contribution in [3.05, 3.63) is 41.0 Å². The van der Waals surface area contributed by atoms with Crippen molar-refractivity contribution in [3.63, 3.8) is 0 Å². The largest absolute Gasteiger partial charge is 0.250 e. The second-order valence-corrected chi connectivity index (χ2v) is 1.97. The summed E-state index contributed by atoms with van der Waals surface area (Å²) in [4.78, 5) is 6.32. The Hall–Kier alpha value is -1.74. The molecule has 0 aliphatic carbocycles. The number of rotatable bonds is 0. The van der Waals surface area contributed by atoms with Gasteiger partial charge >= 0.3 is 0 Å². The maximum atomic E-state index is 6.71. The van der Waals surface area contributed by atoms with Crippen LogP contribution in [0, 0.1) is 13.1 Å². The van der Waals surface area contributed by atoms with E-state index in [1.807, 2.05) is 0 Å². The highest BCUT2D eigenvalue weighted by molar-refractivity contribution is 6.32. The molecule has 0 N–H and O–H groups in total. The van der Waals surface area contributed by atoms with Gasteiger partial charge in [0.2, 0.25) is 0 Å². The third-order valence-corrected chi connectivity index (χ3v) is 1.24. The zero-order valence-electron chi connectivity index (χ0n) is 5.70. The molecule has 0 unspecified atom stereocenters. The van der Waals surface area contributed by atoms with E-state index in [1.54, 1.807) is 12.1 Å². The molecule has 0 saturated heterocycles. The fourth-order valence-electron chi connectivity index (χ4n) is 0.725. The van der Waals surface area contributed by atoms with Crippen LogP contribution in [0.3, 0.4) is 0 Å². The highest BCUT2D eigenvalue weighted by atomic mass is 14.7. The van der Waals surface area contributed by atoms with Crippen LogP contribution in [-0.2, 0) is 0 Å². The molecule has 0 amide bonds. The highest BCUT2D eigenvalue weighted by Gasteiger charge is 1.99. The zero-order valence-corrected chi connectivity index (χ0v) is 5.70. The topological polar surface area (TPSA) is 8.72 Å². The van der Waals surface area contributed by atoms with Gasteiger partial charge in [-0.25, -0.2) is 0 Å². The summed E-state index contributed by atoms with van der Waals surface area (Å²) in [7, 11) is 5.41. The van der Waals surface area contributed by atoms with E-state index >= 15 is 0 Å². The smallest absolute Gasteiger partial charge is 0.194 e. The van der Waals surface area contributed by atoms with Crippen molar-refractivity contribution >= 4 is 24.7 Å². The molecule has 2 radical (unpaired) electrons. The quantitative estimate of drug-likeness (QED) is 0.380. The van der Waals surface area contributed by atoms with Gasteiger partial charge in [-0.3, -0.25) is 9.69 Å². The van der Waals surface area contributed by atoms with Gasteiger partial charge in [0.25, 0.3) is 0 Å². The summed E-state index contributed by atoms with van der Waals surface area (Å²) in [5, 5.41) is 0. The van der Waals surface area contributed by atoms with Crippen molar-refractivity contribution < 1.29 is 0 Å². The minimum Gasteiger partial charge on any atom is -0.250 e. The molecule has 0 atom stereocenters. The van der Waals surface area contributed by atoms with Gasteiger partial charge < -0.3 is 0 Å². The summed E-state index contributed by atoms with van der Waals surface area (Å²) in [6.45, 7) is 13.4. The second-order valence-electron chi connectivity index (χ2n) is 1.97. The Bertz CT molecular complexity index is 357. The Morgan fingerprint density at radius 1 is 1.09 bits per heavy atom. The van der Waals surface area contributed by atoms with Gasteiger partial charge in [0.15, 0.2) is 11.4 Å². The van der Waals surface area contributed by atoms with Crippen molar-refractivity contribution in [2.45, 2.75) is 0 Å². The lowest BCUT2D eigenvalue weighted by Crippen LogP contribution is -1.98. The molecule has 1 rings (SSSR count). The monoisotopic (exact) mass is 138 g/mol. The van der Waals surface area contributed by atoms with Gasteiger partial charge in [0.1, 0.15) is 7.85 Å². The molecule has 0 heterocycles. The van der Waals surface area contributed by atoms with E-state index in [1.165, 1.54) is 6.07 Å². The molecule has 0 aromatic heterocycles. The van der Waals surface area contributed by atoms with E-state index in [0.29, 0.717) is 16.8 Å². The Balaban J connectivity index is 3.34. The van der Waals surface area contributed by atoms with Gasteiger partial charge in [-0.15, -0.1) is 5.46 Å². The lowest BCUT2D eigenvalue weighted by Gasteiger charge is -1.94. The zero-order chi connectivity index (χ0) is 8.27. The molecule has 0 bridgehead atoms. The molecule has 48 valence electrons. The maximum Gasteiger partial charge on any atom is 0.194 e. The van der Waals surface area contributed by atoms with Crippen molar-refractivity contribution in [3.8, 4) is 0 Å². The first kappa shape index (κ1) is 7.37. The first-order valence-corrected chi connectivity index (χ1v) is 2.92. The van der Waals surface area contributed by atoms with Crippen LogP contribution in [0.25, 0.3) is 9.69 Å². The van der Waals surface area contributed by atoms with Gasteiger partial charge in [-0.2, -0.15) is 0 Å². The van der Waals surface area contributed by atoms with Crippen molar-refractivity contribution in [1.29, 1.82) is 0 Å². The number of benzene rings is 1. The third-order valence-electron chi connectivity index (χ3n) is 1.24. The molecular weight excluding hydrogens is 135 g/mol. The summed E-state index contributed by atoms with van der Waals surface area (Å²) in [5.74, 6) is 0. The lowest BCUT2D eigenvalue weighted by atomic mass is 9.95. The van der Waals surface area contributed by atoms with Crippen LogP contribution in [0.1, 0.15) is 0 Å². The van der Waals surface area contributed by atoms with Crippen LogP contribution >= 0.6 is 0 Å². The molecule has 0 aliphatic heterocycles. The predicted octanol–water partition coefficient (Wildman–Crippen LogP) is 1.58. The van der Waals surface area contributed by atoms with Crippen LogP contribution < -0.4 is 5.46 Å². The van der Waals surface area contributed by atoms with Gasteiger partial charge in [0.05, 0.1) is 13.1 Å². The van der Waals surface area contributed by atoms with Gasteiger partial charge in [-0.1, -0.05) is 18.2 Å². The molecule has 1 aromatic carbocycles. The summed E-state index contributed by atoms with van der Waals surface area (Å²) in [5.41, 5.74) is 1.19. The summed E-state index contributed by atoms with van der Waals surface area (Å²) in [6, 6.07) is 4.66. The van der Waals surface area contributed by atoms with Crippen molar-refractivity contribution in [2.24, 2.45) is 0 Å². The first-order valence-electron chi connectivity index (χ1n) is 2.92. The Labute approximate surface area is 66.5 Å². The molecule has 3 heteroatoms. The van der Waals surface area contributed by atoms with E-state index in [9.17, 15) is 0 Å². The molecular formula is C8H3BN2. The van der Waals surface area contributed by atoms with Crippen LogP contribution in [0.5, 0.6) is 0 Å². The van der Waals surface area contributed by atoms with Crippen molar-refractivity contribution in [1.82, 2.24) is 0 Å². The Morgan fingerprint density at radius 2 is 1.73 bits per heavy atom. The fourth-order valence-corrected chi connectivity index (χ4v) is 0.725. The van der Waals surface area contributed by atoms with Gasteiger partial charge in [-0.05, 0) is 0 Å². The third kappa shape index (κ3) is 1.39. The fraction of sp³-hybridized carbons (Fsp3) is 0. The van der Waals surface area contributed by atoms with Crippen LogP contribution in [-0.4, -0.2) is 7.85 Å². The minimum atomic E-state index is 0.319. The van der Waals surface area contributed by atoms with E-state index < -0.39 is 0 Å². The maximum absolute atomic E-state index is 6.71. The average molecular weight is 138 g/mol. The van der Waals surface area contributed by atoms with Crippen molar-refractivity contribution in [2.75, 3.05) is 0 Å². The van der Waals surface area contributed by atoms with E-state index in [0.717, 1.165) is 0 Å². The molecule has 1 aromatic rings. The number of nitrogens with zero attached hydrogens (tertiary/aromatic N) is 2. The first-order chi connectivity index (χ1) is 5.27. The van der Waals surface area contributed by atoms with Crippen LogP contribution in [0.4, 0.5) is 11.4 Å². The summed E-state index contributed by atoms with van der Waals surface area (Å²) >= 11 is 0.